The Bertz CT molecular complexity index is 725. The van der Waals surface area contributed by atoms with E-state index >= 15 is 0 Å². The Kier molecular flexibility index (Phi) is 4.47. The second kappa shape index (κ2) is 6.11. The summed E-state index contributed by atoms with van der Waals surface area (Å²) in [5, 5.41) is 18.6. The topological polar surface area (TPSA) is 70.3 Å². The first-order chi connectivity index (χ1) is 9.51. The number of carboxylic acids is 1. The van der Waals surface area contributed by atoms with Gasteiger partial charge in [0.2, 0.25) is 0 Å². The molecule has 0 heterocycles. The number of hydrogen-bond acceptors (Lipinski definition) is 3. The highest BCUT2D eigenvalue weighted by Gasteiger charge is 2.14. The third-order valence-electron chi connectivity index (χ3n) is 2.45. The minimum absolute atomic E-state index is 0.0377. The van der Waals surface area contributed by atoms with E-state index in [9.17, 15) is 4.79 Å². The summed E-state index contributed by atoms with van der Waals surface area (Å²) in [4.78, 5) is 11.2. The molecule has 0 saturated carbocycles. The Morgan fingerprint density at radius 2 is 1.95 bits per heavy atom. The Morgan fingerprint density at radius 1 is 1.25 bits per heavy atom. The molecule has 0 atom stereocenters. The highest BCUT2D eigenvalue weighted by Crippen LogP contribution is 2.30. The fourth-order valence-electron chi connectivity index (χ4n) is 1.56. The van der Waals surface area contributed by atoms with Crippen LogP contribution >= 0.6 is 34.2 Å². The molecule has 0 bridgehead atoms. The third-order valence-corrected chi connectivity index (χ3v) is 3.36. The van der Waals surface area contributed by atoms with Gasteiger partial charge in [0, 0.05) is 8.59 Å². The molecular formula is C14H7ClINO3. The molecule has 0 spiro atoms. The van der Waals surface area contributed by atoms with Crippen LogP contribution in [0.3, 0.4) is 0 Å². The van der Waals surface area contributed by atoms with E-state index in [0.717, 1.165) is 3.57 Å². The number of nitrogens with zero attached hydrogens (tertiary/aromatic N) is 1. The van der Waals surface area contributed by atoms with Gasteiger partial charge in [-0.1, -0.05) is 11.6 Å². The van der Waals surface area contributed by atoms with Crippen LogP contribution in [0, 0.1) is 14.9 Å². The Morgan fingerprint density at radius 3 is 2.60 bits per heavy atom. The van der Waals surface area contributed by atoms with Gasteiger partial charge in [-0.15, -0.1) is 0 Å². The third kappa shape index (κ3) is 3.21. The Balaban J connectivity index is 2.45. The summed E-state index contributed by atoms with van der Waals surface area (Å²) >= 11 is 7.82. The standard InChI is InChI=1S/C14H7ClINO3/c15-9-1-3-12(8(5-9)7-17)20-13-4-2-10(16)6-11(13)14(18)19/h1-6H,(H,18,19). The molecule has 2 aromatic carbocycles. The Hall–Kier alpha value is -1.78. The summed E-state index contributed by atoms with van der Waals surface area (Å²) in [6, 6.07) is 11.3. The maximum Gasteiger partial charge on any atom is 0.339 e. The van der Waals surface area contributed by atoms with Gasteiger partial charge in [0.1, 0.15) is 23.1 Å². The van der Waals surface area contributed by atoms with Crippen LogP contribution in [0.25, 0.3) is 0 Å². The smallest absolute Gasteiger partial charge is 0.339 e. The van der Waals surface area contributed by atoms with Gasteiger partial charge in [0.25, 0.3) is 0 Å². The van der Waals surface area contributed by atoms with E-state index in [1.807, 2.05) is 28.7 Å². The van der Waals surface area contributed by atoms with E-state index in [2.05, 4.69) is 0 Å². The van der Waals surface area contributed by atoms with Crippen LogP contribution in [0.4, 0.5) is 0 Å². The number of ether oxygens (including phenoxy) is 1. The summed E-state index contributed by atoms with van der Waals surface area (Å²) in [5.41, 5.74) is 0.281. The van der Waals surface area contributed by atoms with Crippen molar-refractivity contribution in [3.63, 3.8) is 0 Å². The monoisotopic (exact) mass is 399 g/mol. The van der Waals surface area contributed by atoms with Crippen LogP contribution < -0.4 is 4.74 Å². The molecule has 0 fully saturated rings. The number of nitriles is 1. The van der Waals surface area contributed by atoms with Gasteiger partial charge in [0.15, 0.2) is 0 Å². The quantitative estimate of drug-likeness (QED) is 0.781. The fraction of sp³-hybridized carbons (Fsp3) is 0. The van der Waals surface area contributed by atoms with Gasteiger partial charge in [0.05, 0.1) is 5.56 Å². The van der Waals surface area contributed by atoms with E-state index in [1.165, 1.54) is 18.2 Å². The van der Waals surface area contributed by atoms with Crippen molar-refractivity contribution in [2.75, 3.05) is 0 Å². The summed E-state index contributed by atoms with van der Waals surface area (Å²) in [7, 11) is 0. The predicted molar refractivity (Wildman–Crippen MR) is 82.4 cm³/mol. The van der Waals surface area contributed by atoms with Crippen molar-refractivity contribution in [1.29, 1.82) is 5.26 Å². The average molecular weight is 400 g/mol. The summed E-state index contributed by atoms with van der Waals surface area (Å²) in [6.45, 7) is 0. The van der Waals surface area contributed by atoms with Gasteiger partial charge in [-0.05, 0) is 59.0 Å². The number of hydrogen-bond donors (Lipinski definition) is 1. The van der Waals surface area contributed by atoms with Gasteiger partial charge >= 0.3 is 5.97 Å². The van der Waals surface area contributed by atoms with Crippen LogP contribution in [0.1, 0.15) is 15.9 Å². The van der Waals surface area contributed by atoms with Crippen molar-refractivity contribution < 1.29 is 14.6 Å². The van der Waals surface area contributed by atoms with E-state index in [0.29, 0.717) is 5.02 Å². The molecule has 6 heteroatoms. The SMILES string of the molecule is N#Cc1cc(Cl)ccc1Oc1ccc(I)cc1C(=O)O. The van der Waals surface area contributed by atoms with Crippen molar-refractivity contribution in [1.82, 2.24) is 0 Å². The molecule has 100 valence electrons. The van der Waals surface area contributed by atoms with Gasteiger partial charge in [-0.25, -0.2) is 4.79 Å². The first-order valence-corrected chi connectivity index (χ1v) is 6.87. The molecule has 0 aromatic heterocycles. The van der Waals surface area contributed by atoms with Crippen molar-refractivity contribution in [2.24, 2.45) is 0 Å². The highest BCUT2D eigenvalue weighted by atomic mass is 127. The number of carbonyl (C=O) groups is 1. The maximum absolute atomic E-state index is 11.2. The lowest BCUT2D eigenvalue weighted by Crippen LogP contribution is -2.01. The van der Waals surface area contributed by atoms with Crippen molar-refractivity contribution in [3.8, 4) is 17.6 Å². The number of halogens is 2. The van der Waals surface area contributed by atoms with E-state index in [1.54, 1.807) is 18.2 Å². The second-order valence-electron chi connectivity index (χ2n) is 3.80. The van der Waals surface area contributed by atoms with E-state index in [-0.39, 0.29) is 22.6 Å². The molecule has 0 saturated heterocycles. The van der Waals surface area contributed by atoms with E-state index in [4.69, 9.17) is 26.7 Å². The average Bonchev–Trinajstić information content (AvgIpc) is 2.42. The fourth-order valence-corrected chi connectivity index (χ4v) is 2.22. The molecule has 20 heavy (non-hydrogen) atoms. The maximum atomic E-state index is 11.2. The number of benzene rings is 2. The van der Waals surface area contributed by atoms with Crippen LogP contribution in [0.15, 0.2) is 36.4 Å². The predicted octanol–water partition coefficient (Wildman–Crippen LogP) is 4.31. The first kappa shape index (κ1) is 14.6. The highest BCUT2D eigenvalue weighted by molar-refractivity contribution is 14.1. The first-order valence-electron chi connectivity index (χ1n) is 5.41. The zero-order valence-corrected chi connectivity index (χ0v) is 12.8. The molecular weight excluding hydrogens is 393 g/mol. The van der Waals surface area contributed by atoms with E-state index < -0.39 is 5.97 Å². The van der Waals surface area contributed by atoms with Gasteiger partial charge in [-0.2, -0.15) is 5.26 Å². The molecule has 1 N–H and O–H groups in total. The lowest BCUT2D eigenvalue weighted by Gasteiger charge is -2.10. The molecule has 0 amide bonds. The molecule has 0 aliphatic heterocycles. The number of carboxylic acid groups (broad SMARTS) is 1. The Labute approximate surface area is 133 Å². The summed E-state index contributed by atoms with van der Waals surface area (Å²) in [5.74, 6) is -0.650. The van der Waals surface area contributed by atoms with Crippen LogP contribution in [-0.4, -0.2) is 11.1 Å². The van der Waals surface area contributed by atoms with Crippen molar-refractivity contribution >= 4 is 40.2 Å². The molecule has 4 nitrogen and oxygen atoms in total. The largest absolute Gasteiger partial charge is 0.478 e. The van der Waals surface area contributed by atoms with Crippen LogP contribution in [-0.2, 0) is 0 Å². The molecule has 2 rings (SSSR count). The molecule has 0 radical (unpaired) electrons. The van der Waals surface area contributed by atoms with Crippen LogP contribution in [0.2, 0.25) is 5.02 Å². The molecule has 2 aromatic rings. The molecule has 0 aliphatic rings. The second-order valence-corrected chi connectivity index (χ2v) is 5.48. The minimum atomic E-state index is -1.09. The normalized spacial score (nSPS) is 9.85. The summed E-state index contributed by atoms with van der Waals surface area (Å²) < 4.78 is 6.32. The number of rotatable bonds is 3. The summed E-state index contributed by atoms with van der Waals surface area (Å²) in [6.07, 6.45) is 0. The van der Waals surface area contributed by atoms with Crippen molar-refractivity contribution in [2.45, 2.75) is 0 Å². The molecule has 0 unspecified atom stereocenters. The van der Waals surface area contributed by atoms with Crippen molar-refractivity contribution in [3.05, 3.63) is 56.1 Å². The number of aromatic carboxylic acids is 1. The zero-order chi connectivity index (χ0) is 14.7. The van der Waals surface area contributed by atoms with Crippen LogP contribution in [0.5, 0.6) is 11.5 Å². The van der Waals surface area contributed by atoms with Gasteiger partial charge in [-0.3, -0.25) is 0 Å². The zero-order valence-electron chi connectivity index (χ0n) is 9.93. The minimum Gasteiger partial charge on any atom is -0.478 e. The lowest BCUT2D eigenvalue weighted by molar-refractivity contribution is 0.0694. The molecule has 0 aliphatic carbocycles. The van der Waals surface area contributed by atoms with Gasteiger partial charge < -0.3 is 9.84 Å². The lowest BCUT2D eigenvalue weighted by atomic mass is 10.2.